The zero-order valence-corrected chi connectivity index (χ0v) is 20.6. The largest absolute Gasteiger partial charge is 0.480 e. The first-order chi connectivity index (χ1) is 16.1. The van der Waals surface area contributed by atoms with E-state index in [2.05, 4.69) is 16.0 Å². The molecule has 0 saturated heterocycles. The van der Waals surface area contributed by atoms with Crippen LogP contribution in [0.1, 0.15) is 32.3 Å². The molecule has 0 aliphatic carbocycles. The Labute approximate surface area is 204 Å². The lowest BCUT2D eigenvalue weighted by Gasteiger charge is -2.26. The molecule has 190 valence electrons. The number of aliphatic carboxylic acids is 1. The summed E-state index contributed by atoms with van der Waals surface area (Å²) >= 11 is 1.48. The number of carbonyl (C=O) groups excluding carboxylic acids is 3. The van der Waals surface area contributed by atoms with E-state index >= 15 is 0 Å². The van der Waals surface area contributed by atoms with Gasteiger partial charge < -0.3 is 31.9 Å². The number of thioether (sulfide) groups is 1. The first-order valence-corrected chi connectivity index (χ1v) is 12.6. The number of aliphatic hydroxyl groups is 1. The molecule has 0 aliphatic rings. The Morgan fingerprint density at radius 1 is 1.00 bits per heavy atom. The van der Waals surface area contributed by atoms with Crippen LogP contribution in [0.25, 0.3) is 0 Å². The van der Waals surface area contributed by atoms with Gasteiger partial charge in [-0.2, -0.15) is 11.8 Å². The summed E-state index contributed by atoms with van der Waals surface area (Å²) in [4.78, 5) is 50.0. The quantitative estimate of drug-likeness (QED) is 0.195. The summed E-state index contributed by atoms with van der Waals surface area (Å²) in [5.74, 6) is -2.84. The average molecular weight is 497 g/mol. The second-order valence-electron chi connectivity index (χ2n) is 8.09. The Morgan fingerprint density at radius 3 is 2.12 bits per heavy atom. The van der Waals surface area contributed by atoms with E-state index in [9.17, 15) is 24.3 Å². The van der Waals surface area contributed by atoms with Crippen LogP contribution in [0.15, 0.2) is 30.3 Å². The van der Waals surface area contributed by atoms with Gasteiger partial charge in [0.05, 0.1) is 6.61 Å². The molecule has 1 aromatic rings. The highest BCUT2D eigenvalue weighted by atomic mass is 32.2. The minimum Gasteiger partial charge on any atom is -0.480 e. The van der Waals surface area contributed by atoms with Crippen molar-refractivity contribution in [3.8, 4) is 0 Å². The second-order valence-corrected chi connectivity index (χ2v) is 9.08. The fourth-order valence-electron chi connectivity index (χ4n) is 3.13. The van der Waals surface area contributed by atoms with Gasteiger partial charge in [0, 0.05) is 6.42 Å². The number of benzene rings is 1. The highest BCUT2D eigenvalue weighted by Crippen LogP contribution is 2.10. The summed E-state index contributed by atoms with van der Waals surface area (Å²) in [6, 6.07) is 4.66. The van der Waals surface area contributed by atoms with Crippen molar-refractivity contribution in [2.75, 3.05) is 18.6 Å². The summed E-state index contributed by atoms with van der Waals surface area (Å²) in [6.07, 6.45) is 2.80. The summed E-state index contributed by atoms with van der Waals surface area (Å²) in [7, 11) is 0. The van der Waals surface area contributed by atoms with Crippen molar-refractivity contribution < 1.29 is 29.4 Å². The Bertz CT molecular complexity index is 810. The SMILES string of the molecule is CCC(C)C(NC(=O)C(Cc1ccccc1)NC(=O)C(CCSC)NC(=O)C(N)CO)C(=O)O. The summed E-state index contributed by atoms with van der Waals surface area (Å²) < 4.78 is 0. The van der Waals surface area contributed by atoms with Crippen molar-refractivity contribution in [2.24, 2.45) is 11.7 Å². The number of carbonyl (C=O) groups is 4. The molecule has 3 amide bonds. The first-order valence-electron chi connectivity index (χ1n) is 11.2. The molecule has 0 bridgehead atoms. The van der Waals surface area contributed by atoms with E-state index in [1.807, 2.05) is 19.2 Å². The van der Waals surface area contributed by atoms with Gasteiger partial charge in [0.2, 0.25) is 17.7 Å². The number of hydrogen-bond donors (Lipinski definition) is 6. The van der Waals surface area contributed by atoms with Gasteiger partial charge in [-0.1, -0.05) is 50.6 Å². The highest BCUT2D eigenvalue weighted by molar-refractivity contribution is 7.98. The van der Waals surface area contributed by atoms with Crippen molar-refractivity contribution in [3.63, 3.8) is 0 Å². The standard InChI is InChI=1S/C23H36N4O6S/c1-4-14(2)19(23(32)33)27-22(31)18(12-15-8-6-5-7-9-15)26-21(30)17(10-11-34-3)25-20(29)16(24)13-28/h5-9,14,16-19,28H,4,10-13,24H2,1-3H3,(H,25,29)(H,26,30)(H,27,31)(H,32,33). The van der Waals surface area contributed by atoms with E-state index in [0.717, 1.165) is 5.56 Å². The molecule has 5 atom stereocenters. The fourth-order valence-corrected chi connectivity index (χ4v) is 3.61. The number of nitrogens with one attached hydrogen (secondary N) is 3. The van der Waals surface area contributed by atoms with Gasteiger partial charge >= 0.3 is 5.97 Å². The number of carboxylic acids is 1. The molecule has 0 heterocycles. The maximum atomic E-state index is 13.1. The monoisotopic (exact) mass is 496 g/mol. The molecule has 0 aliphatic heterocycles. The highest BCUT2D eigenvalue weighted by Gasteiger charge is 2.32. The second kappa shape index (κ2) is 15.3. The number of aliphatic hydroxyl groups excluding tert-OH is 1. The van der Waals surface area contributed by atoms with Crippen molar-refractivity contribution in [1.29, 1.82) is 0 Å². The minimum atomic E-state index is -1.18. The van der Waals surface area contributed by atoms with Crippen molar-refractivity contribution in [2.45, 2.75) is 57.3 Å². The summed E-state index contributed by atoms with van der Waals surface area (Å²) in [5, 5.41) is 26.4. The van der Waals surface area contributed by atoms with E-state index in [1.54, 1.807) is 31.2 Å². The molecule has 0 fully saturated rings. The lowest BCUT2D eigenvalue weighted by atomic mass is 9.98. The lowest BCUT2D eigenvalue weighted by Crippen LogP contribution is -2.58. The molecular weight excluding hydrogens is 460 g/mol. The number of amides is 3. The lowest BCUT2D eigenvalue weighted by molar-refractivity contribution is -0.143. The van der Waals surface area contributed by atoms with Crippen LogP contribution < -0.4 is 21.7 Å². The Kier molecular flexibility index (Phi) is 13.2. The minimum absolute atomic E-state index is 0.130. The van der Waals surface area contributed by atoms with E-state index in [-0.39, 0.29) is 18.8 Å². The van der Waals surface area contributed by atoms with Crippen LogP contribution >= 0.6 is 11.8 Å². The molecule has 5 unspecified atom stereocenters. The molecule has 0 aromatic heterocycles. The molecular formula is C23H36N4O6S. The van der Waals surface area contributed by atoms with E-state index in [4.69, 9.17) is 10.8 Å². The van der Waals surface area contributed by atoms with Gasteiger partial charge in [0.15, 0.2) is 0 Å². The maximum absolute atomic E-state index is 13.1. The summed E-state index contributed by atoms with van der Waals surface area (Å²) in [5.41, 5.74) is 6.32. The van der Waals surface area contributed by atoms with Crippen LogP contribution in [0.5, 0.6) is 0 Å². The molecule has 0 spiro atoms. The third kappa shape index (κ3) is 9.70. The van der Waals surface area contributed by atoms with Crippen LogP contribution in [0.4, 0.5) is 0 Å². The van der Waals surface area contributed by atoms with E-state index < -0.39 is 54.5 Å². The Balaban J connectivity index is 3.11. The Morgan fingerprint density at radius 2 is 1.59 bits per heavy atom. The van der Waals surface area contributed by atoms with Gasteiger partial charge in [-0.15, -0.1) is 0 Å². The molecule has 1 rings (SSSR count). The van der Waals surface area contributed by atoms with E-state index in [1.165, 1.54) is 11.8 Å². The van der Waals surface area contributed by atoms with Crippen LogP contribution in [-0.4, -0.2) is 76.7 Å². The van der Waals surface area contributed by atoms with Gasteiger partial charge in [-0.3, -0.25) is 14.4 Å². The van der Waals surface area contributed by atoms with Crippen molar-refractivity contribution in [3.05, 3.63) is 35.9 Å². The third-order valence-corrected chi connectivity index (χ3v) is 6.11. The first kappa shape index (κ1) is 29.4. The van der Waals surface area contributed by atoms with Crippen LogP contribution in [0.3, 0.4) is 0 Å². The normalized spacial score (nSPS) is 15.3. The smallest absolute Gasteiger partial charge is 0.326 e. The molecule has 1 aromatic carbocycles. The number of rotatable bonds is 15. The molecule has 11 heteroatoms. The maximum Gasteiger partial charge on any atom is 0.326 e. The third-order valence-electron chi connectivity index (χ3n) is 5.47. The molecule has 0 radical (unpaired) electrons. The zero-order valence-electron chi connectivity index (χ0n) is 19.8. The molecule has 10 nitrogen and oxygen atoms in total. The van der Waals surface area contributed by atoms with Crippen molar-refractivity contribution >= 4 is 35.5 Å². The van der Waals surface area contributed by atoms with Crippen molar-refractivity contribution in [1.82, 2.24) is 16.0 Å². The predicted molar refractivity (Wildman–Crippen MR) is 131 cm³/mol. The molecule has 34 heavy (non-hydrogen) atoms. The predicted octanol–water partition coefficient (Wildman–Crippen LogP) is -0.113. The van der Waals surface area contributed by atoms with Crippen LogP contribution in [0, 0.1) is 5.92 Å². The topological polar surface area (TPSA) is 171 Å². The van der Waals surface area contributed by atoms with Crippen LogP contribution in [-0.2, 0) is 25.6 Å². The number of hydrogen-bond acceptors (Lipinski definition) is 7. The molecule has 7 N–H and O–H groups in total. The van der Waals surface area contributed by atoms with Gasteiger partial charge in [-0.25, -0.2) is 4.79 Å². The molecule has 0 saturated carbocycles. The van der Waals surface area contributed by atoms with E-state index in [0.29, 0.717) is 12.2 Å². The van der Waals surface area contributed by atoms with Crippen LogP contribution in [0.2, 0.25) is 0 Å². The summed E-state index contributed by atoms with van der Waals surface area (Å²) in [6.45, 7) is 2.97. The Hall–Kier alpha value is -2.63. The van der Waals surface area contributed by atoms with Gasteiger partial charge in [0.1, 0.15) is 24.2 Å². The zero-order chi connectivity index (χ0) is 25.7. The number of carboxylic acid groups (broad SMARTS) is 1. The average Bonchev–Trinajstić information content (AvgIpc) is 2.83. The number of nitrogens with two attached hydrogens (primary N) is 1. The fraction of sp³-hybridized carbons (Fsp3) is 0.565. The van der Waals surface area contributed by atoms with Gasteiger partial charge in [0.25, 0.3) is 0 Å². The van der Waals surface area contributed by atoms with Gasteiger partial charge in [-0.05, 0) is 29.9 Å².